The van der Waals surface area contributed by atoms with Gasteiger partial charge in [0.15, 0.2) is 0 Å². The van der Waals surface area contributed by atoms with Gasteiger partial charge in [0.2, 0.25) is 5.91 Å². The normalized spacial score (nSPS) is 11.0. The average molecular weight is 415 g/mol. The Balaban J connectivity index is 1.54. The summed E-state index contributed by atoms with van der Waals surface area (Å²) in [6.07, 6.45) is 1.18. The first-order valence-electron chi connectivity index (χ1n) is 10.3. The second kappa shape index (κ2) is 8.80. The Bertz CT molecular complexity index is 1190. The van der Waals surface area contributed by atoms with Crippen LogP contribution in [0.2, 0.25) is 0 Å². The van der Waals surface area contributed by atoms with Crippen molar-refractivity contribution in [2.75, 3.05) is 11.4 Å². The van der Waals surface area contributed by atoms with Crippen LogP contribution in [-0.2, 0) is 17.6 Å². The van der Waals surface area contributed by atoms with Crippen LogP contribution in [-0.4, -0.2) is 17.4 Å². The Morgan fingerprint density at radius 1 is 1.00 bits per heavy atom. The number of carbonyl (C=O) groups excluding carboxylic acids is 1. The molecule has 152 valence electrons. The number of anilines is 1. The Morgan fingerprint density at radius 2 is 1.77 bits per heavy atom. The topological polar surface area (TPSA) is 33.2 Å². The molecule has 0 spiro atoms. The first-order valence-corrected chi connectivity index (χ1v) is 11.2. The van der Waals surface area contributed by atoms with Crippen molar-refractivity contribution >= 4 is 33.7 Å². The van der Waals surface area contributed by atoms with Crippen LogP contribution >= 0.6 is 11.3 Å². The van der Waals surface area contributed by atoms with Crippen LogP contribution < -0.4 is 4.90 Å². The van der Waals surface area contributed by atoms with Gasteiger partial charge in [-0.2, -0.15) is 0 Å². The number of rotatable bonds is 6. The molecule has 1 aromatic heterocycles. The van der Waals surface area contributed by atoms with Crippen molar-refractivity contribution in [3.63, 3.8) is 0 Å². The number of carbonyl (C=O) groups is 1. The molecule has 0 unspecified atom stereocenters. The number of amides is 1. The summed E-state index contributed by atoms with van der Waals surface area (Å²) in [6, 6.07) is 23.0. The summed E-state index contributed by atoms with van der Waals surface area (Å²) < 4.78 is 0. The molecule has 4 rings (SSSR count). The van der Waals surface area contributed by atoms with Gasteiger partial charge in [0, 0.05) is 23.5 Å². The highest BCUT2D eigenvalue weighted by Crippen LogP contribution is 2.26. The van der Waals surface area contributed by atoms with E-state index in [1.165, 1.54) is 16.3 Å². The standard InChI is InChI=1S/C26H26N2OS/c1-4-28(22-13-7-9-18(2)15-22)26(29)17-24-19(3)27-25(30-24)16-21-12-8-11-20-10-5-6-14-23(20)21/h5-15H,4,16-17H2,1-3H3. The molecule has 4 aromatic rings. The van der Waals surface area contributed by atoms with Crippen molar-refractivity contribution in [1.82, 2.24) is 4.98 Å². The number of benzene rings is 3. The van der Waals surface area contributed by atoms with E-state index in [0.29, 0.717) is 13.0 Å². The van der Waals surface area contributed by atoms with Crippen LogP contribution in [0.25, 0.3) is 10.8 Å². The molecule has 0 N–H and O–H groups in total. The van der Waals surface area contributed by atoms with Crippen molar-refractivity contribution in [3.05, 3.63) is 93.4 Å². The lowest BCUT2D eigenvalue weighted by atomic mass is 10.0. The van der Waals surface area contributed by atoms with Gasteiger partial charge in [-0.15, -0.1) is 11.3 Å². The van der Waals surface area contributed by atoms with Crippen molar-refractivity contribution in [3.8, 4) is 0 Å². The summed E-state index contributed by atoms with van der Waals surface area (Å²) in [5.74, 6) is 0.117. The first-order chi connectivity index (χ1) is 14.5. The summed E-state index contributed by atoms with van der Waals surface area (Å²) in [4.78, 5) is 20.8. The number of hydrogen-bond donors (Lipinski definition) is 0. The monoisotopic (exact) mass is 414 g/mol. The Hall–Kier alpha value is -2.98. The van der Waals surface area contributed by atoms with E-state index in [4.69, 9.17) is 4.98 Å². The molecule has 3 aromatic carbocycles. The molecule has 1 amide bonds. The van der Waals surface area contributed by atoms with Gasteiger partial charge in [-0.3, -0.25) is 4.79 Å². The van der Waals surface area contributed by atoms with Gasteiger partial charge in [0.1, 0.15) is 0 Å². The van der Waals surface area contributed by atoms with Gasteiger partial charge >= 0.3 is 0 Å². The van der Waals surface area contributed by atoms with Crippen LogP contribution in [0.15, 0.2) is 66.7 Å². The summed E-state index contributed by atoms with van der Waals surface area (Å²) in [5.41, 5.74) is 4.35. The molecule has 0 fully saturated rings. The number of aromatic nitrogens is 1. The summed E-state index contributed by atoms with van der Waals surface area (Å²) >= 11 is 1.66. The highest BCUT2D eigenvalue weighted by Gasteiger charge is 2.18. The third kappa shape index (κ3) is 4.29. The largest absolute Gasteiger partial charge is 0.312 e. The lowest BCUT2D eigenvalue weighted by Crippen LogP contribution is -2.32. The van der Waals surface area contributed by atoms with Gasteiger partial charge in [-0.05, 0) is 54.8 Å². The number of aryl methyl sites for hydroxylation is 2. The summed E-state index contributed by atoms with van der Waals surface area (Å²) in [7, 11) is 0. The predicted molar refractivity (Wildman–Crippen MR) is 127 cm³/mol. The molecule has 4 heteroatoms. The Labute approximate surface area is 182 Å². The van der Waals surface area contributed by atoms with Crippen LogP contribution in [0.1, 0.15) is 33.6 Å². The maximum Gasteiger partial charge on any atom is 0.232 e. The van der Waals surface area contributed by atoms with E-state index in [-0.39, 0.29) is 5.91 Å². The maximum absolute atomic E-state index is 13.1. The van der Waals surface area contributed by atoms with Crippen LogP contribution in [0.3, 0.4) is 0 Å². The minimum Gasteiger partial charge on any atom is -0.312 e. The van der Waals surface area contributed by atoms with Gasteiger partial charge in [-0.25, -0.2) is 4.98 Å². The number of likely N-dealkylation sites (N-methyl/N-ethyl adjacent to an activating group) is 1. The van der Waals surface area contributed by atoms with Crippen LogP contribution in [0, 0.1) is 13.8 Å². The second-order valence-electron chi connectivity index (χ2n) is 7.59. The minimum absolute atomic E-state index is 0.117. The van der Waals surface area contributed by atoms with E-state index in [2.05, 4.69) is 61.5 Å². The first kappa shape index (κ1) is 20.3. The van der Waals surface area contributed by atoms with E-state index >= 15 is 0 Å². The number of thiazole rings is 1. The highest BCUT2D eigenvalue weighted by atomic mass is 32.1. The van der Waals surface area contributed by atoms with E-state index in [9.17, 15) is 4.79 Å². The van der Waals surface area contributed by atoms with Gasteiger partial charge < -0.3 is 4.90 Å². The predicted octanol–water partition coefficient (Wildman–Crippen LogP) is 6.10. The number of nitrogens with zero attached hydrogens (tertiary/aromatic N) is 2. The zero-order chi connectivity index (χ0) is 21.1. The molecule has 0 atom stereocenters. The molecular weight excluding hydrogens is 388 g/mol. The molecule has 3 nitrogen and oxygen atoms in total. The SMILES string of the molecule is CCN(C(=O)Cc1sc(Cc2cccc3ccccc23)nc1C)c1cccc(C)c1. The van der Waals surface area contributed by atoms with Gasteiger partial charge in [0.05, 0.1) is 17.1 Å². The number of hydrogen-bond acceptors (Lipinski definition) is 3. The van der Waals surface area contributed by atoms with Gasteiger partial charge in [-0.1, -0.05) is 54.6 Å². The highest BCUT2D eigenvalue weighted by molar-refractivity contribution is 7.11. The van der Waals surface area contributed by atoms with E-state index in [1.54, 1.807) is 11.3 Å². The third-order valence-electron chi connectivity index (χ3n) is 5.40. The van der Waals surface area contributed by atoms with Crippen molar-refractivity contribution in [2.24, 2.45) is 0 Å². The lowest BCUT2D eigenvalue weighted by Gasteiger charge is -2.21. The Morgan fingerprint density at radius 3 is 2.57 bits per heavy atom. The molecule has 0 aliphatic carbocycles. The molecule has 1 heterocycles. The molecule has 0 aliphatic heterocycles. The molecule has 0 aliphatic rings. The third-order valence-corrected chi connectivity index (χ3v) is 6.56. The fourth-order valence-corrected chi connectivity index (χ4v) is 4.95. The van der Waals surface area contributed by atoms with Crippen LogP contribution in [0.5, 0.6) is 0 Å². The summed E-state index contributed by atoms with van der Waals surface area (Å²) in [6.45, 7) is 6.73. The molecule has 0 saturated heterocycles. The van der Waals surface area contributed by atoms with E-state index in [0.717, 1.165) is 33.3 Å². The second-order valence-corrected chi connectivity index (χ2v) is 8.75. The maximum atomic E-state index is 13.1. The summed E-state index contributed by atoms with van der Waals surface area (Å²) in [5, 5.41) is 3.57. The molecule has 0 bridgehead atoms. The van der Waals surface area contributed by atoms with Crippen LogP contribution in [0.4, 0.5) is 5.69 Å². The fourth-order valence-electron chi connectivity index (χ4n) is 3.87. The van der Waals surface area contributed by atoms with E-state index in [1.807, 2.05) is 30.9 Å². The average Bonchev–Trinajstić information content (AvgIpc) is 3.07. The zero-order valence-corrected chi connectivity index (χ0v) is 18.5. The number of fused-ring (bicyclic) bond motifs is 1. The quantitative estimate of drug-likeness (QED) is 0.382. The minimum atomic E-state index is 0.117. The Kier molecular flexibility index (Phi) is 5.96. The smallest absolute Gasteiger partial charge is 0.232 e. The molecule has 0 saturated carbocycles. The van der Waals surface area contributed by atoms with Crippen molar-refractivity contribution in [1.29, 1.82) is 0 Å². The molecular formula is C26H26N2OS. The van der Waals surface area contributed by atoms with Crippen molar-refractivity contribution in [2.45, 2.75) is 33.6 Å². The lowest BCUT2D eigenvalue weighted by molar-refractivity contribution is -0.117. The van der Waals surface area contributed by atoms with Gasteiger partial charge in [0.25, 0.3) is 0 Å². The van der Waals surface area contributed by atoms with E-state index < -0.39 is 0 Å². The zero-order valence-electron chi connectivity index (χ0n) is 17.7. The van der Waals surface area contributed by atoms with Crippen molar-refractivity contribution < 1.29 is 4.79 Å². The molecule has 30 heavy (non-hydrogen) atoms. The molecule has 0 radical (unpaired) electrons. The fraction of sp³-hybridized carbons (Fsp3) is 0.231.